The summed E-state index contributed by atoms with van der Waals surface area (Å²) in [4.78, 5) is 36.1. The van der Waals surface area contributed by atoms with Crippen LogP contribution in [-0.2, 0) is 20.8 Å². The van der Waals surface area contributed by atoms with Gasteiger partial charge in [-0.1, -0.05) is 45.0 Å². The molecule has 1 saturated heterocycles. The molecule has 1 fully saturated rings. The van der Waals surface area contributed by atoms with Crippen LogP contribution in [0.2, 0.25) is 0 Å². The smallest absolute Gasteiger partial charge is 0.245 e. The molecule has 0 aromatic heterocycles. The van der Waals surface area contributed by atoms with Crippen molar-refractivity contribution >= 4 is 18.2 Å². The number of rotatable bonds is 6. The number of nitrogens with one attached hydrogen (secondary N) is 2. The van der Waals surface area contributed by atoms with Crippen LogP contribution in [0.4, 0.5) is 0 Å². The number of aryl methyl sites for hydroxylation is 1. The Morgan fingerprint density at radius 2 is 1.97 bits per heavy atom. The second-order valence-corrected chi connectivity index (χ2v) is 9.10. The van der Waals surface area contributed by atoms with Gasteiger partial charge in [-0.25, -0.2) is 0 Å². The molecule has 1 aliphatic carbocycles. The fourth-order valence-corrected chi connectivity index (χ4v) is 4.54. The predicted octanol–water partition coefficient (Wildman–Crippen LogP) is 2.15. The van der Waals surface area contributed by atoms with Gasteiger partial charge < -0.3 is 21.3 Å². The van der Waals surface area contributed by atoms with Crippen LogP contribution in [0.25, 0.3) is 0 Å². The molecule has 0 bridgehead atoms. The summed E-state index contributed by atoms with van der Waals surface area (Å²) in [5.74, 6) is 0.337. The first-order valence-electron chi connectivity index (χ1n) is 11.4. The molecule has 4 N–H and O–H groups in total. The molecule has 1 heterocycles. The first kappa shape index (κ1) is 24.9. The van der Waals surface area contributed by atoms with Gasteiger partial charge >= 0.3 is 0 Å². The number of amides is 3. The van der Waals surface area contributed by atoms with E-state index in [1.54, 1.807) is 0 Å². The summed E-state index contributed by atoms with van der Waals surface area (Å²) in [5, 5.41) is 5.58. The summed E-state index contributed by atoms with van der Waals surface area (Å²) in [6, 6.07) is 8.37. The van der Waals surface area contributed by atoms with Gasteiger partial charge in [0.1, 0.15) is 6.04 Å². The molecule has 0 saturated carbocycles. The number of fused-ring (bicyclic) bond motifs is 1. The molecule has 7 nitrogen and oxygen atoms in total. The molecular weight excluding hydrogens is 392 g/mol. The number of nitrogens with zero attached hydrogens (tertiary/aromatic N) is 1. The van der Waals surface area contributed by atoms with Gasteiger partial charge in [0.25, 0.3) is 0 Å². The molecule has 0 radical (unpaired) electrons. The first-order chi connectivity index (χ1) is 14.8. The van der Waals surface area contributed by atoms with Gasteiger partial charge in [-0.15, -0.1) is 0 Å². The molecular formula is C24H38N4O3. The molecule has 2 aliphatic rings. The highest BCUT2D eigenvalue weighted by Crippen LogP contribution is 2.28. The number of hydrogen-bond donors (Lipinski definition) is 3. The molecule has 1 aromatic rings. The molecule has 3 amide bonds. The molecule has 31 heavy (non-hydrogen) atoms. The Hall–Kier alpha value is -2.41. The molecule has 1 aliphatic heterocycles. The number of hydrogen-bond acceptors (Lipinski definition) is 4. The summed E-state index contributed by atoms with van der Waals surface area (Å²) < 4.78 is 0. The normalized spacial score (nSPS) is 23.3. The molecule has 4 atom stereocenters. The second kappa shape index (κ2) is 11.8. The van der Waals surface area contributed by atoms with E-state index in [4.69, 9.17) is 5.73 Å². The number of carbonyl (C=O) groups is 3. The Morgan fingerprint density at radius 1 is 1.26 bits per heavy atom. The maximum Gasteiger partial charge on any atom is 0.245 e. The highest BCUT2D eigenvalue weighted by Gasteiger charge is 2.35. The third kappa shape index (κ3) is 6.79. The lowest BCUT2D eigenvalue weighted by Gasteiger charge is -2.29. The summed E-state index contributed by atoms with van der Waals surface area (Å²) in [5.41, 5.74) is 7.96. The fourth-order valence-electron chi connectivity index (χ4n) is 4.54. The maximum absolute atomic E-state index is 12.5. The topological polar surface area (TPSA) is 105 Å². The van der Waals surface area contributed by atoms with Crippen molar-refractivity contribution in [3.8, 4) is 0 Å². The molecule has 7 heteroatoms. The lowest BCUT2D eigenvalue weighted by atomic mass is 9.88. The van der Waals surface area contributed by atoms with E-state index in [2.05, 4.69) is 42.7 Å². The summed E-state index contributed by atoms with van der Waals surface area (Å²) in [6.45, 7) is 8.77. The Labute approximate surface area is 186 Å². The van der Waals surface area contributed by atoms with E-state index >= 15 is 0 Å². The van der Waals surface area contributed by atoms with Crippen molar-refractivity contribution in [3.63, 3.8) is 0 Å². The van der Waals surface area contributed by atoms with Crippen molar-refractivity contribution in [1.82, 2.24) is 15.5 Å². The van der Waals surface area contributed by atoms with E-state index in [0.29, 0.717) is 5.92 Å². The monoisotopic (exact) mass is 430 g/mol. The van der Waals surface area contributed by atoms with Crippen LogP contribution in [-0.4, -0.2) is 48.3 Å². The van der Waals surface area contributed by atoms with E-state index in [0.717, 1.165) is 32.2 Å². The van der Waals surface area contributed by atoms with Crippen LogP contribution in [0.15, 0.2) is 24.3 Å². The zero-order chi connectivity index (χ0) is 23.0. The van der Waals surface area contributed by atoms with Gasteiger partial charge in [-0.2, -0.15) is 0 Å². The van der Waals surface area contributed by atoms with E-state index in [-0.39, 0.29) is 36.4 Å². The van der Waals surface area contributed by atoms with Gasteiger partial charge in [-0.3, -0.25) is 14.4 Å². The molecule has 1 aromatic carbocycles. The van der Waals surface area contributed by atoms with Crippen LogP contribution in [0.3, 0.4) is 0 Å². The van der Waals surface area contributed by atoms with Crippen molar-refractivity contribution in [2.75, 3.05) is 13.1 Å². The van der Waals surface area contributed by atoms with Gasteiger partial charge in [0.05, 0.1) is 12.6 Å². The van der Waals surface area contributed by atoms with E-state index in [1.807, 2.05) is 24.8 Å². The highest BCUT2D eigenvalue weighted by molar-refractivity contribution is 5.88. The van der Waals surface area contributed by atoms with Crippen LogP contribution >= 0.6 is 0 Å². The maximum atomic E-state index is 12.5. The minimum absolute atomic E-state index is 0.0173. The largest absolute Gasteiger partial charge is 0.352 e. The van der Waals surface area contributed by atoms with Crippen molar-refractivity contribution < 1.29 is 14.4 Å². The Kier molecular flexibility index (Phi) is 9.49. The molecule has 0 spiro atoms. The Balaban J connectivity index is 0.000000231. The number of likely N-dealkylation sites (tertiary alicyclic amines) is 1. The Bertz CT molecular complexity index is 752. The number of nitrogens with two attached hydrogens (primary N) is 1. The van der Waals surface area contributed by atoms with Gasteiger partial charge in [0, 0.05) is 12.6 Å². The zero-order valence-electron chi connectivity index (χ0n) is 19.3. The van der Waals surface area contributed by atoms with Gasteiger partial charge in [0.15, 0.2) is 0 Å². The lowest BCUT2D eigenvalue weighted by Crippen LogP contribution is -2.53. The van der Waals surface area contributed by atoms with Crippen molar-refractivity contribution in [2.45, 2.75) is 71.5 Å². The van der Waals surface area contributed by atoms with Crippen molar-refractivity contribution in [3.05, 3.63) is 35.4 Å². The summed E-state index contributed by atoms with van der Waals surface area (Å²) in [7, 11) is 0. The minimum Gasteiger partial charge on any atom is -0.352 e. The third-order valence-electron chi connectivity index (χ3n) is 6.14. The molecule has 4 unspecified atom stereocenters. The summed E-state index contributed by atoms with van der Waals surface area (Å²) in [6.07, 6.45) is 5.21. The van der Waals surface area contributed by atoms with Gasteiger partial charge in [0.2, 0.25) is 18.2 Å². The predicted molar refractivity (Wildman–Crippen MR) is 122 cm³/mol. The average Bonchev–Trinajstić information content (AvgIpc) is 3.10. The average molecular weight is 431 g/mol. The van der Waals surface area contributed by atoms with Crippen LogP contribution in [0.1, 0.15) is 64.1 Å². The van der Waals surface area contributed by atoms with Crippen LogP contribution in [0, 0.1) is 11.8 Å². The second-order valence-electron chi connectivity index (χ2n) is 9.10. The Morgan fingerprint density at radius 3 is 2.55 bits per heavy atom. The van der Waals surface area contributed by atoms with Gasteiger partial charge in [-0.05, 0) is 55.6 Å². The fraction of sp³-hybridized carbons (Fsp3) is 0.625. The van der Waals surface area contributed by atoms with Crippen LogP contribution < -0.4 is 16.4 Å². The first-order valence-corrected chi connectivity index (χ1v) is 11.4. The number of carbonyl (C=O) groups excluding carboxylic acids is 3. The third-order valence-corrected chi connectivity index (χ3v) is 6.14. The molecule has 172 valence electrons. The molecule has 3 rings (SSSR count). The zero-order valence-corrected chi connectivity index (χ0v) is 19.3. The van der Waals surface area contributed by atoms with Crippen LogP contribution in [0.5, 0.6) is 0 Å². The lowest BCUT2D eigenvalue weighted by molar-refractivity contribution is -0.138. The van der Waals surface area contributed by atoms with E-state index in [9.17, 15) is 14.4 Å². The minimum atomic E-state index is -0.464. The van der Waals surface area contributed by atoms with Crippen molar-refractivity contribution in [1.29, 1.82) is 0 Å². The summed E-state index contributed by atoms with van der Waals surface area (Å²) >= 11 is 0. The highest BCUT2D eigenvalue weighted by atomic mass is 16.2. The SMILES string of the molecule is CC1CC(C)N(C(=O)C(NC(=O)CN)C(C)C)C1.O=CNC1CCCc2ccccc21. The van der Waals surface area contributed by atoms with E-state index < -0.39 is 6.04 Å². The number of benzene rings is 1. The van der Waals surface area contributed by atoms with E-state index in [1.165, 1.54) is 17.5 Å². The standard InChI is InChI=1S/C13H25N3O2.C11H13NO/c1-8(2)12(15-11(17)6-14)13(18)16-7-9(3)5-10(16)4;13-8-12-11-7-3-5-9-4-1-2-6-10(9)11/h8-10,12H,5-7,14H2,1-4H3,(H,15,17);1-2,4,6,8,11H,3,5,7H2,(H,12,13). The van der Waals surface area contributed by atoms with Crippen molar-refractivity contribution in [2.24, 2.45) is 17.6 Å². The quantitative estimate of drug-likeness (QED) is 0.602.